The van der Waals surface area contributed by atoms with Gasteiger partial charge in [-0.2, -0.15) is 0 Å². The summed E-state index contributed by atoms with van der Waals surface area (Å²) in [7, 11) is 0. The van der Waals surface area contributed by atoms with E-state index in [1.807, 2.05) is 50.4 Å². The number of rotatable bonds is 0. The molecule has 4 aromatic heterocycles. The van der Waals surface area contributed by atoms with E-state index in [0.717, 1.165) is 22.2 Å². The van der Waals surface area contributed by atoms with E-state index in [0.29, 0.717) is 5.69 Å². The lowest BCUT2D eigenvalue weighted by atomic mass is 10.2. The zero-order valence-corrected chi connectivity index (χ0v) is 20.7. The number of para-hydroxylation sites is 2. The van der Waals surface area contributed by atoms with E-state index in [-0.39, 0.29) is 0 Å². The molecule has 0 saturated carbocycles. The average molecular weight is 487 g/mol. The molecule has 36 heavy (non-hydrogen) atoms. The smallest absolute Gasteiger partial charge is 0.219 e. The summed E-state index contributed by atoms with van der Waals surface area (Å²) >= 11 is 0. The van der Waals surface area contributed by atoms with Gasteiger partial charge < -0.3 is 9.97 Å². The molecule has 0 radical (unpaired) electrons. The van der Waals surface area contributed by atoms with Gasteiger partial charge in [0.25, 0.3) is 0 Å². The van der Waals surface area contributed by atoms with Crippen LogP contribution in [0, 0.1) is 27.7 Å². The number of imidazole rings is 2. The second kappa shape index (κ2) is 12.7. The molecule has 0 spiro atoms. The third-order valence-corrected chi connectivity index (χ3v) is 5.36. The Balaban J connectivity index is 0.000000145. The van der Waals surface area contributed by atoms with Crippen molar-refractivity contribution in [1.82, 2.24) is 29.1 Å². The average Bonchev–Trinajstić information content (AvgIpc) is 3.70. The van der Waals surface area contributed by atoms with Crippen LogP contribution in [0.25, 0.3) is 21.8 Å². The Kier molecular flexibility index (Phi) is 8.10. The minimum Gasteiger partial charge on any atom is -0.361 e. The summed E-state index contributed by atoms with van der Waals surface area (Å²) in [5.74, 6) is 0. The minimum atomic E-state index is -0.745. The number of H-pyrrole nitrogens is 2. The van der Waals surface area contributed by atoms with Gasteiger partial charge in [-0.25, -0.2) is 9.97 Å². The molecule has 0 atom stereocenters. The zero-order valence-electron chi connectivity index (χ0n) is 22.7. The van der Waals surface area contributed by atoms with E-state index in [9.17, 15) is 9.59 Å². The lowest BCUT2D eigenvalue weighted by Crippen LogP contribution is -1.92. The fraction of sp³-hybridized carbons (Fsp3) is 0.143. The van der Waals surface area contributed by atoms with Crippen molar-refractivity contribution in [2.24, 2.45) is 0 Å². The topological polar surface area (TPSA) is 101 Å². The van der Waals surface area contributed by atoms with Gasteiger partial charge in [-0.1, -0.05) is 36.4 Å². The van der Waals surface area contributed by atoms with Crippen molar-refractivity contribution in [2.75, 3.05) is 0 Å². The van der Waals surface area contributed by atoms with Crippen LogP contribution in [0.4, 0.5) is 0 Å². The molecule has 8 nitrogen and oxygen atoms in total. The zero-order chi connectivity index (χ0) is 27.7. The molecule has 184 valence electrons. The molecule has 0 saturated heterocycles. The maximum absolute atomic E-state index is 10.9. The fourth-order valence-corrected chi connectivity index (χ4v) is 3.42. The maximum Gasteiger partial charge on any atom is 0.219 e. The molecule has 2 N–H and O–H groups in total. The van der Waals surface area contributed by atoms with Gasteiger partial charge in [-0.05, 0) is 51.0 Å². The van der Waals surface area contributed by atoms with Gasteiger partial charge in [0.15, 0.2) is 0 Å². The Labute approximate surface area is 212 Å². The largest absolute Gasteiger partial charge is 0.361 e. The number of carbonyl (C=O) groups excluding carboxylic acids is 2. The highest BCUT2D eigenvalue weighted by Gasteiger charge is 2.01. The second-order valence-corrected chi connectivity index (χ2v) is 8.04. The van der Waals surface area contributed by atoms with Crippen molar-refractivity contribution < 1.29 is 12.3 Å². The molecule has 6 aromatic rings. The molecule has 0 amide bonds. The Hall–Kier alpha value is -4.72. The van der Waals surface area contributed by atoms with Gasteiger partial charge in [0, 0.05) is 52.5 Å². The number of nitrogens with zero attached hydrogens (tertiary/aromatic N) is 4. The molecular formula is C28H30N6O2. The van der Waals surface area contributed by atoms with Gasteiger partial charge >= 0.3 is 0 Å². The first kappa shape index (κ1) is 23.0. The summed E-state index contributed by atoms with van der Waals surface area (Å²) < 4.78 is 16.2. The number of aromatic nitrogens is 6. The molecule has 0 unspecified atom stereocenters. The predicted molar refractivity (Wildman–Crippen MR) is 144 cm³/mol. The number of benzene rings is 2. The molecule has 0 aliphatic heterocycles. The lowest BCUT2D eigenvalue weighted by Gasteiger charge is -1.91. The standard InChI is InChI=1S/C10H9NO.C9H9N.C5H6N2O.C4H6N2/c1-8-6-11(7-12)10-5-3-2-4-9(8)10;1-7-6-10-9-5-3-2-4-8(7)9;1-5-2-6-3-7(5)4-8;1-4-2-5-3-6-4/h2-7H,1H3;2-6,10H,1H3;2-4H,1H3;2-3H,1H3,(H,5,6)/i7T;;4T;. The molecule has 6 rings (SSSR count). The van der Waals surface area contributed by atoms with Crippen molar-refractivity contribution in [3.05, 3.63) is 108 Å². The van der Waals surface area contributed by atoms with Crippen LogP contribution >= 0.6 is 0 Å². The summed E-state index contributed by atoms with van der Waals surface area (Å²) in [5, 5.41) is 2.35. The maximum atomic E-state index is 10.9. The number of carbonyl (C=O) groups is 2. The van der Waals surface area contributed by atoms with Crippen LogP contribution in [0.15, 0.2) is 86.0 Å². The first-order chi connectivity index (χ1) is 18.2. The van der Waals surface area contributed by atoms with Crippen LogP contribution in [0.3, 0.4) is 0 Å². The molecule has 0 fully saturated rings. The van der Waals surface area contributed by atoms with Crippen LogP contribution in [0.1, 0.15) is 25.3 Å². The molecule has 8 heteroatoms. The Bertz CT molecular complexity index is 1630. The van der Waals surface area contributed by atoms with Gasteiger partial charge in [0.2, 0.25) is 12.8 Å². The van der Waals surface area contributed by atoms with E-state index in [1.54, 1.807) is 25.6 Å². The Morgan fingerprint density at radius 1 is 0.806 bits per heavy atom. The van der Waals surface area contributed by atoms with Gasteiger partial charge in [0.1, 0.15) is 9.07 Å². The Morgan fingerprint density at radius 2 is 1.50 bits per heavy atom. The summed E-state index contributed by atoms with van der Waals surface area (Å²) in [4.78, 5) is 34.7. The number of nitrogens with one attached hydrogen (secondary N) is 2. The molecule has 0 bridgehead atoms. The van der Waals surface area contributed by atoms with Crippen molar-refractivity contribution in [2.45, 2.75) is 27.7 Å². The van der Waals surface area contributed by atoms with Crippen LogP contribution in [0.5, 0.6) is 0 Å². The normalized spacial score (nSPS) is 10.7. The second-order valence-electron chi connectivity index (χ2n) is 8.04. The van der Waals surface area contributed by atoms with Crippen molar-refractivity contribution in [1.29, 1.82) is 0 Å². The predicted octanol–water partition coefficient (Wildman–Crippen LogP) is 5.41. The lowest BCUT2D eigenvalue weighted by molar-refractivity contribution is 0.546. The number of aromatic amines is 2. The minimum absolute atomic E-state index is 0.690. The molecule has 2 aromatic carbocycles. The van der Waals surface area contributed by atoms with Crippen molar-refractivity contribution >= 4 is 34.6 Å². The fourth-order valence-electron chi connectivity index (χ4n) is 3.42. The van der Waals surface area contributed by atoms with Gasteiger partial charge in [0.05, 0.1) is 11.8 Å². The van der Waals surface area contributed by atoms with E-state index < -0.39 is 12.8 Å². The van der Waals surface area contributed by atoms with Crippen molar-refractivity contribution in [3.8, 4) is 0 Å². The summed E-state index contributed by atoms with van der Waals surface area (Å²) in [5.41, 5.74) is 6.16. The number of fused-ring (bicyclic) bond motifs is 2. The summed E-state index contributed by atoms with van der Waals surface area (Å²) in [6.07, 6.45) is 8.59. The quantitative estimate of drug-likeness (QED) is 0.280. The monoisotopic (exact) mass is 486 g/mol. The van der Waals surface area contributed by atoms with E-state index in [4.69, 9.17) is 2.74 Å². The summed E-state index contributed by atoms with van der Waals surface area (Å²) in [6.45, 7) is 7.73. The van der Waals surface area contributed by atoms with E-state index in [1.165, 1.54) is 38.1 Å². The SMILES string of the molecule is Cc1c[nH]c2ccccc12.Cc1cnc[nH]1.[3H]C(=O)n1cc(C)c2ccccc21.[3H]C(=O)n1cncc1C. The van der Waals surface area contributed by atoms with Gasteiger partial charge in [-0.15, -0.1) is 0 Å². The Morgan fingerprint density at radius 3 is 2.03 bits per heavy atom. The van der Waals surface area contributed by atoms with Crippen LogP contribution in [0.2, 0.25) is 0 Å². The van der Waals surface area contributed by atoms with Gasteiger partial charge in [-0.3, -0.25) is 18.7 Å². The summed E-state index contributed by atoms with van der Waals surface area (Å²) in [6, 6.07) is 15.9. The van der Waals surface area contributed by atoms with E-state index in [2.05, 4.69) is 45.1 Å². The number of hydrogen-bond donors (Lipinski definition) is 2. The first-order valence-electron chi connectivity index (χ1n) is 12.2. The highest BCUT2D eigenvalue weighted by Crippen LogP contribution is 2.18. The molecular weight excluding hydrogens is 452 g/mol. The first-order valence-corrected chi connectivity index (χ1v) is 11.2. The number of hydrogen-bond acceptors (Lipinski definition) is 4. The highest BCUT2D eigenvalue weighted by atomic mass is 16.1. The molecule has 0 aliphatic rings. The highest BCUT2D eigenvalue weighted by molar-refractivity contribution is 5.88. The van der Waals surface area contributed by atoms with Crippen molar-refractivity contribution in [3.63, 3.8) is 0 Å². The van der Waals surface area contributed by atoms with Crippen LogP contribution in [-0.2, 0) is 9.59 Å². The van der Waals surface area contributed by atoms with Crippen LogP contribution < -0.4 is 0 Å². The molecule has 0 aliphatic carbocycles. The van der Waals surface area contributed by atoms with Crippen LogP contribution in [-0.4, -0.2) is 41.8 Å². The molecule has 4 heterocycles. The number of aryl methyl sites for hydroxylation is 4. The van der Waals surface area contributed by atoms with E-state index >= 15 is 0 Å². The third kappa shape index (κ3) is 6.66. The third-order valence-electron chi connectivity index (χ3n) is 5.36.